The Morgan fingerprint density at radius 1 is 1.09 bits per heavy atom. The predicted molar refractivity (Wildman–Crippen MR) is 177 cm³/mol. The Labute approximate surface area is 279 Å². The summed E-state index contributed by atoms with van der Waals surface area (Å²) in [5.74, 6) is -1.44. The molecule has 1 saturated carbocycles. The number of benzene rings is 2. The number of amides is 2. The zero-order valence-corrected chi connectivity index (χ0v) is 29.0. The van der Waals surface area contributed by atoms with Gasteiger partial charge in [-0.15, -0.1) is 4.72 Å². The molecular weight excluding hydrogens is 623 g/mol. The van der Waals surface area contributed by atoms with E-state index in [1.807, 2.05) is 26.8 Å². The third-order valence-corrected chi connectivity index (χ3v) is 9.82. The first-order valence-electron chi connectivity index (χ1n) is 15.9. The second kappa shape index (κ2) is 14.2. The van der Waals surface area contributed by atoms with Crippen molar-refractivity contribution in [3.63, 3.8) is 0 Å². The summed E-state index contributed by atoms with van der Waals surface area (Å²) >= 11 is -1.58. The number of nitrogens with zero attached hydrogens (tertiary/aromatic N) is 2. The number of carbonyl (C=O) groups is 3. The van der Waals surface area contributed by atoms with Crippen LogP contribution in [-0.4, -0.2) is 56.5 Å². The zero-order valence-electron chi connectivity index (χ0n) is 28.1. The molecule has 4 atom stereocenters. The average Bonchev–Trinajstić information content (AvgIpc) is 3.72. The van der Waals surface area contributed by atoms with E-state index in [0.717, 1.165) is 19.3 Å². The van der Waals surface area contributed by atoms with Gasteiger partial charge in [0.05, 0.1) is 23.9 Å². The fourth-order valence-corrected chi connectivity index (χ4v) is 6.57. The van der Waals surface area contributed by atoms with Crippen LogP contribution in [0.5, 0.6) is 0 Å². The number of carbonyl (C=O) groups excluding carboxylic acids is 3. The Bertz CT molecular complexity index is 1530. The molecule has 0 bridgehead atoms. The maximum absolute atomic E-state index is 15.5. The Balaban J connectivity index is 1.75. The number of esters is 1. The molecule has 1 saturated heterocycles. The van der Waals surface area contributed by atoms with Gasteiger partial charge in [-0.2, -0.15) is 5.26 Å². The molecule has 10 nitrogen and oxygen atoms in total. The molecule has 47 heavy (non-hydrogen) atoms. The molecule has 1 aliphatic carbocycles. The van der Waals surface area contributed by atoms with Crippen LogP contribution in [0.2, 0.25) is 0 Å². The van der Waals surface area contributed by atoms with E-state index in [4.69, 9.17) is 9.47 Å². The molecule has 0 unspecified atom stereocenters. The van der Waals surface area contributed by atoms with Crippen LogP contribution in [-0.2, 0) is 36.0 Å². The highest BCUT2D eigenvalue weighted by molar-refractivity contribution is 7.90. The third kappa shape index (κ3) is 9.24. The number of likely N-dealkylation sites (tertiary alicyclic amines) is 1. The maximum Gasteiger partial charge on any atom is 0.411 e. The van der Waals surface area contributed by atoms with Gasteiger partial charge in [-0.3, -0.25) is 14.5 Å². The molecule has 0 aromatic heterocycles. The topological polar surface area (TPSA) is 144 Å². The van der Waals surface area contributed by atoms with Gasteiger partial charge in [-0.25, -0.2) is 9.18 Å². The van der Waals surface area contributed by atoms with Gasteiger partial charge in [0.25, 0.3) is 0 Å². The van der Waals surface area contributed by atoms with Gasteiger partial charge in [0, 0.05) is 24.7 Å². The van der Waals surface area contributed by atoms with Gasteiger partial charge in [0.15, 0.2) is 0 Å². The van der Waals surface area contributed by atoms with E-state index in [0.29, 0.717) is 29.0 Å². The van der Waals surface area contributed by atoms with E-state index in [1.54, 1.807) is 45.0 Å². The second-order valence-electron chi connectivity index (χ2n) is 14.4. The summed E-state index contributed by atoms with van der Waals surface area (Å²) in [6.45, 7) is 11.8. The predicted octanol–water partition coefficient (Wildman–Crippen LogP) is 6.06. The Morgan fingerprint density at radius 3 is 2.36 bits per heavy atom. The lowest BCUT2D eigenvalue weighted by Crippen LogP contribution is -2.52. The van der Waals surface area contributed by atoms with E-state index >= 15 is 4.39 Å². The first kappa shape index (κ1) is 36.2. The normalized spacial score (nSPS) is 20.1. The van der Waals surface area contributed by atoms with Crippen LogP contribution < -0.4 is 10.0 Å². The van der Waals surface area contributed by atoms with Gasteiger partial charge >= 0.3 is 12.1 Å². The van der Waals surface area contributed by atoms with Crippen molar-refractivity contribution in [1.82, 2.24) is 9.62 Å². The van der Waals surface area contributed by atoms with Crippen LogP contribution in [0.25, 0.3) is 0 Å². The molecule has 2 fully saturated rings. The molecule has 2 aromatic carbocycles. The number of anilines is 1. The monoisotopic (exact) mass is 668 g/mol. The quantitative estimate of drug-likeness (QED) is 0.230. The average molecular weight is 669 g/mol. The van der Waals surface area contributed by atoms with Crippen molar-refractivity contribution in [1.29, 1.82) is 5.26 Å². The molecule has 2 amide bonds. The second-order valence-corrected chi connectivity index (χ2v) is 16.3. The molecular formula is C35H45FN4O6S. The SMILES string of the molecule is CC(=O)O[C@@H]1C[C@H](C(=O)Nc2cc([C@](CCC3CC3)(N[S@+]([O-])C(C)(C)C)c3cccc(C#N)c3)ccc2F)N(C(=O)OC(C)(C)C)C1. The number of hydrogen-bond donors (Lipinski definition) is 2. The molecule has 2 N–H and O–H groups in total. The van der Waals surface area contributed by atoms with Crippen LogP contribution in [0, 0.1) is 23.1 Å². The minimum atomic E-state index is -1.58. The highest BCUT2D eigenvalue weighted by Gasteiger charge is 2.45. The van der Waals surface area contributed by atoms with Crippen LogP contribution in [0.1, 0.15) is 97.3 Å². The van der Waals surface area contributed by atoms with E-state index in [9.17, 15) is 24.2 Å². The van der Waals surface area contributed by atoms with E-state index < -0.39 is 63.2 Å². The molecule has 2 aliphatic rings. The van der Waals surface area contributed by atoms with Crippen LogP contribution in [0.3, 0.4) is 0 Å². The Hall–Kier alpha value is -3.66. The molecule has 1 aliphatic heterocycles. The Morgan fingerprint density at radius 2 is 1.77 bits per heavy atom. The van der Waals surface area contributed by atoms with Crippen molar-refractivity contribution < 1.29 is 32.8 Å². The van der Waals surface area contributed by atoms with Gasteiger partial charge in [0.1, 0.15) is 33.9 Å². The van der Waals surface area contributed by atoms with Crippen molar-refractivity contribution in [2.24, 2.45) is 5.92 Å². The van der Waals surface area contributed by atoms with Gasteiger partial charge in [0.2, 0.25) is 5.91 Å². The van der Waals surface area contributed by atoms with Gasteiger partial charge < -0.3 is 19.3 Å². The molecule has 4 rings (SSSR count). The summed E-state index contributed by atoms with van der Waals surface area (Å²) in [7, 11) is 0. The first-order chi connectivity index (χ1) is 21.9. The molecule has 0 spiro atoms. The summed E-state index contributed by atoms with van der Waals surface area (Å²) in [5, 5.41) is 12.4. The van der Waals surface area contributed by atoms with Crippen LogP contribution >= 0.6 is 0 Å². The number of ether oxygens (including phenoxy) is 2. The van der Waals surface area contributed by atoms with E-state index in [2.05, 4.69) is 16.1 Å². The maximum atomic E-state index is 15.5. The minimum absolute atomic E-state index is 0.00433. The number of halogens is 1. The van der Waals surface area contributed by atoms with E-state index in [-0.39, 0.29) is 18.7 Å². The van der Waals surface area contributed by atoms with Crippen molar-refractivity contribution in [2.75, 3.05) is 11.9 Å². The zero-order chi connectivity index (χ0) is 34.7. The van der Waals surface area contributed by atoms with Crippen LogP contribution in [0.15, 0.2) is 42.5 Å². The largest absolute Gasteiger partial charge is 0.598 e. The lowest BCUT2D eigenvalue weighted by Gasteiger charge is -2.39. The fraction of sp³-hybridized carbons (Fsp3) is 0.543. The molecule has 12 heteroatoms. The minimum Gasteiger partial charge on any atom is -0.598 e. The van der Waals surface area contributed by atoms with Gasteiger partial charge in [-0.05, 0) is 95.7 Å². The standard InChI is InChI=1S/C35H45FN4O6S/c1-22(41)45-27-19-30(40(21-27)32(43)46-33(2,3)4)31(42)38-29-18-26(13-14-28(29)36)35(16-15-23-11-12-23,39-47(44)34(5,6)7)25-10-8-9-24(17-25)20-37/h8-10,13-14,17-18,23,27,30,39H,11-12,15-16,19,21H2,1-7H3,(H,38,42)/t27-,30-,35-,47-/m1/s1. The summed E-state index contributed by atoms with van der Waals surface area (Å²) in [6.07, 6.45) is 1.99. The fourth-order valence-electron chi connectivity index (χ4n) is 5.61. The third-order valence-electron chi connectivity index (χ3n) is 8.18. The summed E-state index contributed by atoms with van der Waals surface area (Å²) in [6, 6.07) is 12.5. The number of rotatable bonds is 10. The summed E-state index contributed by atoms with van der Waals surface area (Å²) in [4.78, 5) is 39.7. The number of hydrogen-bond acceptors (Lipinski definition) is 8. The highest BCUT2D eigenvalue weighted by atomic mass is 32.2. The van der Waals surface area contributed by atoms with Crippen molar-refractivity contribution in [2.45, 2.75) is 109 Å². The Kier molecular flexibility index (Phi) is 10.9. The van der Waals surface area contributed by atoms with E-state index in [1.165, 1.54) is 24.0 Å². The van der Waals surface area contributed by atoms with Crippen LogP contribution in [0.4, 0.5) is 14.9 Å². The molecule has 0 radical (unpaired) electrons. The van der Waals surface area contributed by atoms with Crippen molar-refractivity contribution >= 4 is 35.0 Å². The highest BCUT2D eigenvalue weighted by Crippen LogP contribution is 2.43. The first-order valence-corrected chi connectivity index (χ1v) is 17.0. The molecule has 254 valence electrons. The number of nitrogens with one attached hydrogen (secondary N) is 2. The summed E-state index contributed by atoms with van der Waals surface area (Å²) in [5.41, 5.74) is -0.418. The van der Waals surface area contributed by atoms with Gasteiger partial charge in [-0.1, -0.05) is 31.0 Å². The molecule has 2 aromatic rings. The number of nitriles is 1. The van der Waals surface area contributed by atoms with Crippen molar-refractivity contribution in [3.05, 3.63) is 65.0 Å². The lowest BCUT2D eigenvalue weighted by atomic mass is 9.79. The lowest BCUT2D eigenvalue weighted by molar-refractivity contribution is -0.145. The smallest absolute Gasteiger partial charge is 0.411 e. The van der Waals surface area contributed by atoms with Crippen molar-refractivity contribution in [3.8, 4) is 6.07 Å². The summed E-state index contributed by atoms with van der Waals surface area (Å²) < 4.78 is 42.8. The molecule has 1 heterocycles.